The third kappa shape index (κ3) is 4.12. The summed E-state index contributed by atoms with van der Waals surface area (Å²) in [7, 11) is 1.66. The Bertz CT molecular complexity index is 428. The summed E-state index contributed by atoms with van der Waals surface area (Å²) in [6, 6.07) is 6.03. The number of benzene rings is 1. The molecule has 20 heavy (non-hydrogen) atoms. The zero-order valence-corrected chi connectivity index (χ0v) is 12.6. The number of methoxy groups -OCH3 is 1. The second-order valence-corrected chi connectivity index (χ2v) is 5.77. The van der Waals surface area contributed by atoms with Gasteiger partial charge in [-0.05, 0) is 56.8 Å². The molecule has 0 bridgehead atoms. The predicted octanol–water partition coefficient (Wildman–Crippen LogP) is 2.34. The summed E-state index contributed by atoms with van der Waals surface area (Å²) in [6.45, 7) is 5.78. The SMILES string of the molecule is COc1cc(CNCC2CC(O)C2)ccc1OC(C)C. The number of nitrogens with one attached hydrogen (secondary N) is 1. The summed E-state index contributed by atoms with van der Waals surface area (Å²) in [5.74, 6) is 2.18. The summed E-state index contributed by atoms with van der Waals surface area (Å²) >= 11 is 0. The van der Waals surface area contributed by atoms with Crippen molar-refractivity contribution in [2.45, 2.75) is 45.4 Å². The van der Waals surface area contributed by atoms with Crippen molar-refractivity contribution in [3.05, 3.63) is 23.8 Å². The maximum absolute atomic E-state index is 9.25. The number of rotatable bonds is 7. The fourth-order valence-electron chi connectivity index (χ4n) is 2.46. The first-order valence-corrected chi connectivity index (χ1v) is 7.31. The zero-order valence-electron chi connectivity index (χ0n) is 12.6. The van der Waals surface area contributed by atoms with E-state index in [2.05, 4.69) is 11.4 Å². The molecule has 2 N–H and O–H groups in total. The molecule has 0 aliphatic heterocycles. The molecule has 0 spiro atoms. The van der Waals surface area contributed by atoms with Crippen LogP contribution in [0, 0.1) is 5.92 Å². The van der Waals surface area contributed by atoms with Gasteiger partial charge in [-0.2, -0.15) is 0 Å². The van der Waals surface area contributed by atoms with Crippen LogP contribution in [0.15, 0.2) is 18.2 Å². The topological polar surface area (TPSA) is 50.7 Å². The van der Waals surface area contributed by atoms with E-state index in [1.165, 1.54) is 5.56 Å². The summed E-state index contributed by atoms with van der Waals surface area (Å²) < 4.78 is 11.1. The number of hydrogen-bond acceptors (Lipinski definition) is 4. The molecular formula is C16H25NO3. The van der Waals surface area contributed by atoms with E-state index in [9.17, 15) is 5.11 Å². The fourth-order valence-corrected chi connectivity index (χ4v) is 2.46. The number of aliphatic hydroxyl groups excluding tert-OH is 1. The standard InChI is InChI=1S/C16H25NO3/c1-11(2)20-15-5-4-12(8-16(15)19-3)9-17-10-13-6-14(18)7-13/h4-5,8,11,13-14,17-18H,6-7,9-10H2,1-3H3. The van der Waals surface area contributed by atoms with Crippen molar-refractivity contribution in [1.29, 1.82) is 0 Å². The minimum Gasteiger partial charge on any atom is -0.493 e. The van der Waals surface area contributed by atoms with E-state index in [4.69, 9.17) is 9.47 Å². The average molecular weight is 279 g/mol. The molecule has 1 aliphatic rings. The lowest BCUT2D eigenvalue weighted by Crippen LogP contribution is -2.35. The summed E-state index contributed by atoms with van der Waals surface area (Å²) in [6.07, 6.45) is 1.92. The van der Waals surface area contributed by atoms with E-state index < -0.39 is 0 Å². The molecular weight excluding hydrogens is 254 g/mol. The van der Waals surface area contributed by atoms with E-state index in [-0.39, 0.29) is 12.2 Å². The van der Waals surface area contributed by atoms with Crippen molar-refractivity contribution >= 4 is 0 Å². The van der Waals surface area contributed by atoms with Gasteiger partial charge in [-0.1, -0.05) is 6.07 Å². The van der Waals surface area contributed by atoms with Crippen molar-refractivity contribution in [3.8, 4) is 11.5 Å². The molecule has 0 atom stereocenters. The van der Waals surface area contributed by atoms with Gasteiger partial charge in [0.1, 0.15) is 0 Å². The van der Waals surface area contributed by atoms with E-state index in [1.54, 1.807) is 7.11 Å². The molecule has 1 aromatic rings. The first-order chi connectivity index (χ1) is 9.58. The quantitative estimate of drug-likeness (QED) is 0.804. The summed E-state index contributed by atoms with van der Waals surface area (Å²) in [5, 5.41) is 12.7. The summed E-state index contributed by atoms with van der Waals surface area (Å²) in [4.78, 5) is 0. The lowest BCUT2D eigenvalue weighted by molar-refractivity contribution is 0.0430. The van der Waals surface area contributed by atoms with Gasteiger partial charge in [0, 0.05) is 6.54 Å². The lowest BCUT2D eigenvalue weighted by Gasteiger charge is -2.31. The molecule has 4 heteroatoms. The van der Waals surface area contributed by atoms with Gasteiger partial charge in [0.25, 0.3) is 0 Å². The van der Waals surface area contributed by atoms with Crippen LogP contribution in [0.3, 0.4) is 0 Å². The largest absolute Gasteiger partial charge is 0.493 e. The Hall–Kier alpha value is -1.26. The maximum Gasteiger partial charge on any atom is 0.161 e. The highest BCUT2D eigenvalue weighted by Gasteiger charge is 2.26. The van der Waals surface area contributed by atoms with E-state index >= 15 is 0 Å². The Morgan fingerprint density at radius 3 is 2.65 bits per heavy atom. The highest BCUT2D eigenvalue weighted by molar-refractivity contribution is 5.43. The van der Waals surface area contributed by atoms with Crippen LogP contribution in [0.4, 0.5) is 0 Å². The molecule has 4 nitrogen and oxygen atoms in total. The predicted molar refractivity (Wildman–Crippen MR) is 79.2 cm³/mol. The van der Waals surface area contributed by atoms with Gasteiger partial charge >= 0.3 is 0 Å². The van der Waals surface area contributed by atoms with Crippen molar-refractivity contribution in [1.82, 2.24) is 5.32 Å². The Morgan fingerprint density at radius 1 is 1.30 bits per heavy atom. The van der Waals surface area contributed by atoms with Gasteiger partial charge in [0.2, 0.25) is 0 Å². The number of hydrogen-bond donors (Lipinski definition) is 2. The first-order valence-electron chi connectivity index (χ1n) is 7.31. The van der Waals surface area contributed by atoms with Crippen LogP contribution in [-0.2, 0) is 6.54 Å². The zero-order chi connectivity index (χ0) is 14.5. The average Bonchev–Trinajstić information content (AvgIpc) is 2.37. The number of aliphatic hydroxyl groups is 1. The van der Waals surface area contributed by atoms with Crippen LogP contribution in [0.25, 0.3) is 0 Å². The molecule has 0 saturated heterocycles. The van der Waals surface area contributed by atoms with Gasteiger partial charge in [0.15, 0.2) is 11.5 Å². The van der Waals surface area contributed by atoms with Crippen LogP contribution >= 0.6 is 0 Å². The van der Waals surface area contributed by atoms with Gasteiger partial charge in [0.05, 0.1) is 19.3 Å². The Morgan fingerprint density at radius 2 is 2.05 bits per heavy atom. The molecule has 0 heterocycles. The smallest absolute Gasteiger partial charge is 0.161 e. The van der Waals surface area contributed by atoms with E-state index in [0.717, 1.165) is 37.4 Å². The number of ether oxygens (including phenoxy) is 2. The first kappa shape index (κ1) is 15.1. The molecule has 112 valence electrons. The highest BCUT2D eigenvalue weighted by atomic mass is 16.5. The molecule has 0 unspecified atom stereocenters. The van der Waals surface area contributed by atoms with Crippen LogP contribution in [-0.4, -0.2) is 31.0 Å². The maximum atomic E-state index is 9.25. The Labute approximate surface area is 121 Å². The minimum atomic E-state index is -0.0747. The van der Waals surface area contributed by atoms with Crippen molar-refractivity contribution < 1.29 is 14.6 Å². The monoisotopic (exact) mass is 279 g/mol. The van der Waals surface area contributed by atoms with Crippen LogP contribution in [0.1, 0.15) is 32.3 Å². The second-order valence-electron chi connectivity index (χ2n) is 5.77. The fraction of sp³-hybridized carbons (Fsp3) is 0.625. The highest BCUT2D eigenvalue weighted by Crippen LogP contribution is 2.29. The van der Waals surface area contributed by atoms with Gasteiger partial charge in [-0.25, -0.2) is 0 Å². The Balaban J connectivity index is 1.85. The van der Waals surface area contributed by atoms with Gasteiger partial charge in [-0.3, -0.25) is 0 Å². The minimum absolute atomic E-state index is 0.0747. The third-order valence-electron chi connectivity index (χ3n) is 3.56. The lowest BCUT2D eigenvalue weighted by atomic mass is 9.82. The van der Waals surface area contributed by atoms with Crippen LogP contribution in [0.5, 0.6) is 11.5 Å². The van der Waals surface area contributed by atoms with Crippen molar-refractivity contribution in [2.24, 2.45) is 5.92 Å². The molecule has 1 fully saturated rings. The molecule has 2 rings (SSSR count). The van der Waals surface area contributed by atoms with Crippen LogP contribution < -0.4 is 14.8 Å². The van der Waals surface area contributed by atoms with Gasteiger partial charge < -0.3 is 19.9 Å². The van der Waals surface area contributed by atoms with Gasteiger partial charge in [-0.15, -0.1) is 0 Å². The Kier molecular flexibility index (Phi) is 5.26. The van der Waals surface area contributed by atoms with Crippen LogP contribution in [0.2, 0.25) is 0 Å². The van der Waals surface area contributed by atoms with Crippen molar-refractivity contribution in [3.63, 3.8) is 0 Å². The molecule has 1 saturated carbocycles. The second kappa shape index (κ2) is 6.95. The molecule has 0 amide bonds. The van der Waals surface area contributed by atoms with E-state index in [0.29, 0.717) is 5.92 Å². The molecule has 0 radical (unpaired) electrons. The third-order valence-corrected chi connectivity index (χ3v) is 3.56. The summed E-state index contributed by atoms with van der Waals surface area (Å²) in [5.41, 5.74) is 1.18. The molecule has 1 aromatic carbocycles. The van der Waals surface area contributed by atoms with E-state index in [1.807, 2.05) is 26.0 Å². The van der Waals surface area contributed by atoms with Crippen molar-refractivity contribution in [2.75, 3.05) is 13.7 Å². The normalized spacial score (nSPS) is 21.6. The molecule has 0 aromatic heterocycles. The molecule has 1 aliphatic carbocycles.